The molecule has 0 aliphatic carbocycles. The summed E-state index contributed by atoms with van der Waals surface area (Å²) < 4.78 is 27.9. The normalized spacial score (nSPS) is 20.7. The Morgan fingerprint density at radius 1 is 0.926 bits per heavy atom. The van der Waals surface area contributed by atoms with Crippen LogP contribution in [0.4, 0.5) is 8.78 Å². The summed E-state index contributed by atoms with van der Waals surface area (Å²) >= 11 is 0. The molecule has 0 amide bonds. The molecule has 4 heterocycles. The van der Waals surface area contributed by atoms with Gasteiger partial charge in [0.2, 0.25) is 0 Å². The molecule has 1 aromatic heterocycles. The number of benzene rings is 1. The summed E-state index contributed by atoms with van der Waals surface area (Å²) in [6.45, 7) is 35.0. The lowest BCUT2D eigenvalue weighted by molar-refractivity contribution is -0.0175. The van der Waals surface area contributed by atoms with Gasteiger partial charge in [0.25, 0.3) is 5.92 Å². The summed E-state index contributed by atoms with van der Waals surface area (Å²) in [6, 6.07) is 9.42. The van der Waals surface area contributed by atoms with Gasteiger partial charge >= 0.3 is 0 Å². The van der Waals surface area contributed by atoms with Gasteiger partial charge in [0, 0.05) is 86.5 Å². The van der Waals surface area contributed by atoms with Crippen LogP contribution in [-0.2, 0) is 6.42 Å². The van der Waals surface area contributed by atoms with Crippen LogP contribution in [0, 0.1) is 11.3 Å². The minimum absolute atomic E-state index is 0.221. The van der Waals surface area contributed by atoms with Crippen molar-refractivity contribution in [2.75, 3.05) is 98.7 Å². The number of nitrogens with zero attached hydrogens (tertiary/aromatic N) is 9. The van der Waals surface area contributed by atoms with Crippen LogP contribution in [0.2, 0.25) is 0 Å². The summed E-state index contributed by atoms with van der Waals surface area (Å²) in [5.74, 6) is -2.89. The van der Waals surface area contributed by atoms with Crippen LogP contribution in [0.3, 0.4) is 0 Å². The van der Waals surface area contributed by atoms with Gasteiger partial charge in [0.15, 0.2) is 0 Å². The Kier molecular flexibility index (Phi) is 14.8. The lowest BCUT2D eigenvalue weighted by Crippen LogP contribution is -2.55. The van der Waals surface area contributed by atoms with Crippen molar-refractivity contribution < 1.29 is 8.78 Å². The first kappa shape index (κ1) is 41.1. The highest BCUT2D eigenvalue weighted by Gasteiger charge is 2.45. The van der Waals surface area contributed by atoms with Gasteiger partial charge in [-0.2, -0.15) is 5.26 Å². The highest BCUT2D eigenvalue weighted by molar-refractivity contribution is 5.91. The molecule has 1 N–H and O–H groups in total. The molecule has 0 saturated carbocycles. The Labute approximate surface area is 322 Å². The first-order valence-corrected chi connectivity index (χ1v) is 19.3. The van der Waals surface area contributed by atoms with Gasteiger partial charge < -0.3 is 15.1 Å². The fraction of sp³-hybridized carbons (Fsp3) is 0.524. The molecule has 10 nitrogen and oxygen atoms in total. The number of pyridine rings is 1. The molecule has 12 heteroatoms. The average Bonchev–Trinajstić information content (AvgIpc) is 3.48. The van der Waals surface area contributed by atoms with Crippen LogP contribution >= 0.6 is 0 Å². The number of alkyl halides is 2. The first-order valence-electron chi connectivity index (χ1n) is 19.3. The van der Waals surface area contributed by atoms with E-state index in [-0.39, 0.29) is 6.54 Å². The fourth-order valence-electron chi connectivity index (χ4n) is 7.80. The van der Waals surface area contributed by atoms with Gasteiger partial charge in [0.05, 0.1) is 51.4 Å². The second kappa shape index (κ2) is 19.5. The summed E-state index contributed by atoms with van der Waals surface area (Å²) in [6.07, 6.45) is 8.44. The van der Waals surface area contributed by atoms with Gasteiger partial charge in [-0.25, -0.2) is 8.78 Å². The SMILES string of the molecule is C=CCN1CN(CC)CN(CC=C)CN(CC(=C)N2CCN(CCCCc3ccc4nccc(C(=C)NCC(=C)N5CC(F)(F)CC5C#N)c4c3)CC2)C1. The van der Waals surface area contributed by atoms with Crippen molar-refractivity contribution in [3.05, 3.63) is 98.0 Å². The van der Waals surface area contributed by atoms with Crippen molar-refractivity contribution in [3.63, 3.8) is 0 Å². The zero-order chi connectivity index (χ0) is 38.7. The molecule has 3 aliphatic heterocycles. The number of hydrogen-bond acceptors (Lipinski definition) is 10. The second-order valence-corrected chi connectivity index (χ2v) is 15.0. The Hall–Kier alpha value is -4.12. The number of nitriles is 1. The fourth-order valence-corrected chi connectivity index (χ4v) is 7.80. The molecular weight excluding hydrogens is 683 g/mol. The second-order valence-electron chi connectivity index (χ2n) is 15.0. The van der Waals surface area contributed by atoms with Gasteiger partial charge in [0.1, 0.15) is 6.04 Å². The van der Waals surface area contributed by atoms with E-state index in [0.29, 0.717) is 11.4 Å². The summed E-state index contributed by atoms with van der Waals surface area (Å²) in [5, 5.41) is 13.6. The van der Waals surface area contributed by atoms with Crippen molar-refractivity contribution in [2.45, 2.75) is 44.6 Å². The van der Waals surface area contributed by atoms with E-state index in [1.807, 2.05) is 24.3 Å². The molecular formula is C42H60F2N10. The number of fused-ring (bicyclic) bond motifs is 1. The van der Waals surface area contributed by atoms with Gasteiger partial charge in [-0.15, -0.1) is 13.2 Å². The number of hydrogen-bond donors (Lipinski definition) is 1. The van der Waals surface area contributed by atoms with Crippen LogP contribution in [0.15, 0.2) is 86.9 Å². The molecule has 54 heavy (non-hydrogen) atoms. The Bertz CT molecular complexity index is 1640. The predicted molar refractivity (Wildman–Crippen MR) is 216 cm³/mol. The number of aryl methyl sites for hydroxylation is 1. The smallest absolute Gasteiger partial charge is 0.268 e. The molecule has 0 radical (unpaired) electrons. The first-order chi connectivity index (χ1) is 26.0. The van der Waals surface area contributed by atoms with E-state index >= 15 is 0 Å². The van der Waals surface area contributed by atoms with Crippen LogP contribution in [0.5, 0.6) is 0 Å². The van der Waals surface area contributed by atoms with E-state index in [0.717, 1.165) is 121 Å². The van der Waals surface area contributed by atoms with Crippen LogP contribution in [0.1, 0.15) is 37.3 Å². The van der Waals surface area contributed by atoms with Crippen molar-refractivity contribution in [2.24, 2.45) is 0 Å². The minimum Gasteiger partial charge on any atom is -0.379 e. The summed E-state index contributed by atoms with van der Waals surface area (Å²) in [4.78, 5) is 20.9. The number of nitrogens with one attached hydrogen (secondary N) is 1. The highest BCUT2D eigenvalue weighted by atomic mass is 19.3. The minimum atomic E-state index is -2.89. The Morgan fingerprint density at radius 2 is 1.61 bits per heavy atom. The standard InChI is InChI=1S/C42H60F2N10/c1-7-17-50-30-48(9-3)31-51(18-8-2)33-52(32-50)28-35(5)53-22-20-49(21-23-53)19-11-10-12-37-13-14-41-40(24-37)39(15-16-46-41)36(6)47-27-34(4)54-29-42(43,44)25-38(54)26-45/h7-8,13-16,24,38,47H,1-2,4-6,9-12,17-23,25,27-33H2,3H3. The van der Waals surface area contributed by atoms with Gasteiger partial charge in [-0.3, -0.25) is 29.5 Å². The molecule has 2 aromatic rings. The predicted octanol–water partition coefficient (Wildman–Crippen LogP) is 5.44. The Balaban J connectivity index is 1.06. The van der Waals surface area contributed by atoms with Crippen molar-refractivity contribution >= 4 is 16.6 Å². The van der Waals surface area contributed by atoms with Crippen LogP contribution in [-0.4, -0.2) is 150 Å². The lowest BCUT2D eigenvalue weighted by Gasteiger charge is -2.43. The van der Waals surface area contributed by atoms with E-state index < -0.39 is 24.9 Å². The molecule has 3 fully saturated rings. The van der Waals surface area contributed by atoms with E-state index in [4.69, 9.17) is 0 Å². The van der Waals surface area contributed by atoms with Gasteiger partial charge in [-0.05, 0) is 56.1 Å². The molecule has 3 saturated heterocycles. The zero-order valence-corrected chi connectivity index (χ0v) is 32.4. The number of unbranched alkanes of at least 4 members (excludes halogenated alkanes) is 1. The largest absolute Gasteiger partial charge is 0.379 e. The molecule has 1 atom stereocenters. The molecule has 0 spiro atoms. The van der Waals surface area contributed by atoms with E-state index in [1.54, 1.807) is 6.20 Å². The molecule has 292 valence electrons. The lowest BCUT2D eigenvalue weighted by atomic mass is 10.0. The number of aromatic nitrogens is 1. The van der Waals surface area contributed by atoms with Crippen molar-refractivity contribution in [1.29, 1.82) is 5.26 Å². The van der Waals surface area contributed by atoms with Gasteiger partial charge in [-0.1, -0.05) is 44.9 Å². The van der Waals surface area contributed by atoms with Crippen molar-refractivity contribution in [1.82, 2.24) is 44.6 Å². The third kappa shape index (κ3) is 11.2. The third-order valence-electron chi connectivity index (χ3n) is 10.7. The number of halogens is 2. The molecule has 1 aromatic carbocycles. The average molecular weight is 743 g/mol. The molecule has 3 aliphatic rings. The maximum absolute atomic E-state index is 14.0. The topological polar surface area (TPSA) is 71.4 Å². The number of likely N-dealkylation sites (tertiary alicyclic amines) is 1. The molecule has 1 unspecified atom stereocenters. The number of piperazine rings is 1. The quantitative estimate of drug-likeness (QED) is 0.158. The summed E-state index contributed by atoms with van der Waals surface area (Å²) in [7, 11) is 0. The maximum Gasteiger partial charge on any atom is 0.268 e. The van der Waals surface area contributed by atoms with Crippen molar-refractivity contribution in [3.8, 4) is 6.07 Å². The maximum atomic E-state index is 14.0. The number of rotatable bonds is 18. The molecule has 5 rings (SSSR count). The monoisotopic (exact) mass is 742 g/mol. The highest BCUT2D eigenvalue weighted by Crippen LogP contribution is 2.34. The van der Waals surface area contributed by atoms with Crippen LogP contribution < -0.4 is 5.32 Å². The van der Waals surface area contributed by atoms with E-state index in [2.05, 4.69) is 97.7 Å². The summed E-state index contributed by atoms with van der Waals surface area (Å²) in [5.41, 5.74) is 5.34. The zero-order valence-electron chi connectivity index (χ0n) is 32.4. The van der Waals surface area contributed by atoms with E-state index in [1.165, 1.54) is 16.2 Å². The van der Waals surface area contributed by atoms with Crippen LogP contribution in [0.25, 0.3) is 16.6 Å². The molecule has 0 bridgehead atoms. The Morgan fingerprint density at radius 3 is 2.26 bits per heavy atom. The third-order valence-corrected chi connectivity index (χ3v) is 10.7. The van der Waals surface area contributed by atoms with E-state index in [9.17, 15) is 14.0 Å².